The summed E-state index contributed by atoms with van der Waals surface area (Å²) in [5, 5.41) is 14.5. The molecule has 0 aliphatic heterocycles. The zero-order chi connectivity index (χ0) is 19.8. The van der Waals surface area contributed by atoms with Gasteiger partial charge in [-0.05, 0) is 69.3 Å². The number of nitrogens with one attached hydrogen (secondary N) is 2. The number of rotatable bonds is 9. The summed E-state index contributed by atoms with van der Waals surface area (Å²) in [5.74, 6) is 1.88. The number of anilines is 5. The first-order chi connectivity index (χ1) is 13.7. The highest BCUT2D eigenvalue weighted by atomic mass is 16.5. The van der Waals surface area contributed by atoms with Crippen molar-refractivity contribution in [1.82, 2.24) is 15.2 Å². The van der Waals surface area contributed by atoms with E-state index in [2.05, 4.69) is 56.7 Å². The fraction of sp³-hybridized carbons (Fsp3) is 0.286. The van der Waals surface area contributed by atoms with E-state index in [1.54, 1.807) is 6.20 Å². The van der Waals surface area contributed by atoms with Crippen molar-refractivity contribution in [3.05, 3.63) is 54.7 Å². The second kappa shape index (κ2) is 9.55. The summed E-state index contributed by atoms with van der Waals surface area (Å²) < 4.78 is 5.45. The molecule has 0 aliphatic rings. The van der Waals surface area contributed by atoms with Crippen LogP contribution in [0.5, 0.6) is 5.75 Å². The molecular weight excluding hydrogens is 352 g/mol. The monoisotopic (exact) mass is 378 g/mol. The maximum absolute atomic E-state index is 5.45. The molecule has 0 amide bonds. The van der Waals surface area contributed by atoms with Crippen LogP contribution in [0.25, 0.3) is 0 Å². The zero-order valence-corrected chi connectivity index (χ0v) is 16.5. The van der Waals surface area contributed by atoms with E-state index in [0.717, 1.165) is 30.2 Å². The molecular formula is C21H26N6O. The summed E-state index contributed by atoms with van der Waals surface area (Å²) >= 11 is 0. The van der Waals surface area contributed by atoms with E-state index >= 15 is 0 Å². The van der Waals surface area contributed by atoms with Crippen molar-refractivity contribution in [2.24, 2.45) is 0 Å². The molecule has 1 aromatic heterocycles. The van der Waals surface area contributed by atoms with Crippen molar-refractivity contribution in [2.75, 3.05) is 35.2 Å². The van der Waals surface area contributed by atoms with Crippen molar-refractivity contribution >= 4 is 28.8 Å². The Morgan fingerprint density at radius 2 is 1.50 bits per heavy atom. The lowest BCUT2D eigenvalue weighted by atomic mass is 10.2. The molecule has 0 spiro atoms. The average molecular weight is 378 g/mol. The standard InChI is InChI=1S/C21H26N6O/c1-4-27(5-2)18-11-7-16(8-12-18)23-20-15-22-26-21(25-20)24-17-9-13-19(14-10-17)28-6-3/h7-15H,4-6H2,1-3H3,(H2,23,24,25,26). The summed E-state index contributed by atoms with van der Waals surface area (Å²) in [6.07, 6.45) is 1.60. The largest absolute Gasteiger partial charge is 0.494 e. The van der Waals surface area contributed by atoms with Crippen LogP contribution in [0.3, 0.4) is 0 Å². The SMILES string of the molecule is CCOc1ccc(Nc2nncc(Nc3ccc(N(CC)CC)cc3)n2)cc1. The van der Waals surface area contributed by atoms with Gasteiger partial charge in [0.25, 0.3) is 0 Å². The summed E-state index contributed by atoms with van der Waals surface area (Å²) in [6.45, 7) is 8.88. The molecule has 146 valence electrons. The van der Waals surface area contributed by atoms with Crippen molar-refractivity contribution in [2.45, 2.75) is 20.8 Å². The minimum absolute atomic E-state index is 0.425. The van der Waals surface area contributed by atoms with Gasteiger partial charge in [-0.2, -0.15) is 10.1 Å². The first-order valence-electron chi connectivity index (χ1n) is 9.53. The van der Waals surface area contributed by atoms with Gasteiger partial charge in [0.05, 0.1) is 12.8 Å². The Bertz CT molecular complexity index is 863. The lowest BCUT2D eigenvalue weighted by molar-refractivity contribution is 0.340. The van der Waals surface area contributed by atoms with Gasteiger partial charge in [-0.15, -0.1) is 5.10 Å². The lowest BCUT2D eigenvalue weighted by Gasteiger charge is -2.21. The molecule has 3 rings (SSSR count). The Kier molecular flexibility index (Phi) is 6.62. The Labute approximate surface area is 165 Å². The average Bonchev–Trinajstić information content (AvgIpc) is 2.72. The lowest BCUT2D eigenvalue weighted by Crippen LogP contribution is -2.21. The van der Waals surface area contributed by atoms with Crippen LogP contribution < -0.4 is 20.3 Å². The molecule has 0 saturated heterocycles. The molecule has 0 saturated carbocycles. The first-order valence-corrected chi connectivity index (χ1v) is 9.53. The summed E-state index contributed by atoms with van der Waals surface area (Å²) in [7, 11) is 0. The van der Waals surface area contributed by atoms with Crippen LogP contribution in [0.4, 0.5) is 28.8 Å². The van der Waals surface area contributed by atoms with Crippen LogP contribution in [0.15, 0.2) is 54.7 Å². The van der Waals surface area contributed by atoms with Gasteiger partial charge in [0.2, 0.25) is 5.95 Å². The van der Waals surface area contributed by atoms with E-state index in [4.69, 9.17) is 4.74 Å². The highest BCUT2D eigenvalue weighted by Gasteiger charge is 2.05. The minimum Gasteiger partial charge on any atom is -0.494 e. The summed E-state index contributed by atoms with van der Waals surface area (Å²) in [5.41, 5.74) is 3.02. The van der Waals surface area contributed by atoms with Crippen LogP contribution in [0.2, 0.25) is 0 Å². The minimum atomic E-state index is 0.425. The van der Waals surface area contributed by atoms with Crippen LogP contribution in [0.1, 0.15) is 20.8 Å². The molecule has 1 heterocycles. The number of aromatic nitrogens is 3. The van der Waals surface area contributed by atoms with Crippen molar-refractivity contribution in [1.29, 1.82) is 0 Å². The molecule has 0 atom stereocenters. The molecule has 0 unspecified atom stereocenters. The van der Waals surface area contributed by atoms with Gasteiger partial charge in [0, 0.05) is 30.2 Å². The third-order valence-corrected chi connectivity index (χ3v) is 4.25. The Hall–Kier alpha value is -3.35. The Morgan fingerprint density at radius 3 is 2.14 bits per heavy atom. The number of ether oxygens (including phenoxy) is 1. The van der Waals surface area contributed by atoms with Gasteiger partial charge in [0.15, 0.2) is 5.82 Å². The van der Waals surface area contributed by atoms with E-state index < -0.39 is 0 Å². The predicted octanol–water partition coefficient (Wildman–Crippen LogP) is 4.60. The van der Waals surface area contributed by atoms with E-state index in [1.165, 1.54) is 5.69 Å². The molecule has 2 N–H and O–H groups in total. The number of nitrogens with zero attached hydrogens (tertiary/aromatic N) is 4. The molecule has 0 fully saturated rings. The molecule has 3 aromatic rings. The number of hydrogen-bond donors (Lipinski definition) is 2. The van der Waals surface area contributed by atoms with Gasteiger partial charge >= 0.3 is 0 Å². The summed E-state index contributed by atoms with van der Waals surface area (Å²) in [6, 6.07) is 15.9. The van der Waals surface area contributed by atoms with E-state index in [1.807, 2.05) is 43.3 Å². The zero-order valence-electron chi connectivity index (χ0n) is 16.5. The van der Waals surface area contributed by atoms with Gasteiger partial charge in [-0.3, -0.25) is 0 Å². The van der Waals surface area contributed by atoms with E-state index in [9.17, 15) is 0 Å². The Morgan fingerprint density at radius 1 is 0.857 bits per heavy atom. The molecule has 0 radical (unpaired) electrons. The normalized spacial score (nSPS) is 10.4. The van der Waals surface area contributed by atoms with Crippen molar-refractivity contribution in [3.63, 3.8) is 0 Å². The van der Waals surface area contributed by atoms with E-state index in [0.29, 0.717) is 18.4 Å². The van der Waals surface area contributed by atoms with Gasteiger partial charge in [-0.1, -0.05) is 0 Å². The smallest absolute Gasteiger partial charge is 0.249 e. The van der Waals surface area contributed by atoms with Gasteiger partial charge < -0.3 is 20.3 Å². The van der Waals surface area contributed by atoms with Crippen molar-refractivity contribution in [3.8, 4) is 5.75 Å². The quantitative estimate of drug-likeness (QED) is 0.563. The highest BCUT2D eigenvalue weighted by Crippen LogP contribution is 2.21. The topological polar surface area (TPSA) is 75.2 Å². The summed E-state index contributed by atoms with van der Waals surface area (Å²) in [4.78, 5) is 6.77. The molecule has 7 heteroatoms. The first kappa shape index (κ1) is 19.4. The predicted molar refractivity (Wildman–Crippen MR) is 114 cm³/mol. The molecule has 2 aromatic carbocycles. The van der Waals surface area contributed by atoms with Gasteiger partial charge in [-0.25, -0.2) is 0 Å². The molecule has 0 aliphatic carbocycles. The van der Waals surface area contributed by atoms with E-state index in [-0.39, 0.29) is 0 Å². The van der Waals surface area contributed by atoms with Crippen LogP contribution in [-0.4, -0.2) is 34.9 Å². The maximum Gasteiger partial charge on any atom is 0.249 e. The van der Waals surface area contributed by atoms with Crippen LogP contribution in [-0.2, 0) is 0 Å². The molecule has 28 heavy (non-hydrogen) atoms. The second-order valence-electron chi connectivity index (χ2n) is 6.09. The fourth-order valence-electron chi connectivity index (χ4n) is 2.84. The third kappa shape index (κ3) is 5.09. The van der Waals surface area contributed by atoms with Crippen LogP contribution >= 0.6 is 0 Å². The highest BCUT2D eigenvalue weighted by molar-refractivity contribution is 5.62. The van der Waals surface area contributed by atoms with Crippen molar-refractivity contribution < 1.29 is 4.74 Å². The Balaban J connectivity index is 1.66. The fourth-order valence-corrected chi connectivity index (χ4v) is 2.84. The van der Waals surface area contributed by atoms with Crippen LogP contribution in [0, 0.1) is 0 Å². The third-order valence-electron chi connectivity index (χ3n) is 4.25. The maximum atomic E-state index is 5.45. The molecule has 0 bridgehead atoms. The molecule has 7 nitrogen and oxygen atoms in total. The second-order valence-corrected chi connectivity index (χ2v) is 6.09. The van der Waals surface area contributed by atoms with Gasteiger partial charge in [0.1, 0.15) is 5.75 Å². The number of hydrogen-bond acceptors (Lipinski definition) is 7. The number of benzene rings is 2.